The van der Waals surface area contributed by atoms with Crippen LogP contribution in [0.15, 0.2) is 48.5 Å². The molecule has 2 aromatic carbocycles. The first-order valence-electron chi connectivity index (χ1n) is 6.34. The Balaban J connectivity index is 2.31. The van der Waals surface area contributed by atoms with E-state index in [1.54, 1.807) is 20.3 Å². The molecular formula is C16H18ClNO2. The molecule has 2 atom stereocenters. The van der Waals surface area contributed by atoms with E-state index < -0.39 is 0 Å². The summed E-state index contributed by atoms with van der Waals surface area (Å²) in [6.45, 7) is 0. The molecule has 106 valence electrons. The first-order valence-corrected chi connectivity index (χ1v) is 6.72. The Morgan fingerprint density at radius 1 is 1.00 bits per heavy atom. The SMILES string of the molecule is COc1cc(C(N)C(OC)c2ccccc2)ccc1Cl. The van der Waals surface area contributed by atoms with E-state index in [1.807, 2.05) is 42.5 Å². The predicted molar refractivity (Wildman–Crippen MR) is 81.1 cm³/mol. The molecule has 2 aromatic rings. The molecule has 0 fully saturated rings. The average Bonchev–Trinajstić information content (AvgIpc) is 2.49. The van der Waals surface area contributed by atoms with Gasteiger partial charge < -0.3 is 15.2 Å². The van der Waals surface area contributed by atoms with Gasteiger partial charge in [-0.25, -0.2) is 0 Å². The molecule has 2 unspecified atom stereocenters. The molecule has 0 aliphatic heterocycles. The molecule has 0 bridgehead atoms. The molecule has 2 N–H and O–H groups in total. The van der Waals surface area contributed by atoms with Crippen LogP contribution in [0.25, 0.3) is 0 Å². The lowest BCUT2D eigenvalue weighted by Gasteiger charge is -2.24. The van der Waals surface area contributed by atoms with E-state index >= 15 is 0 Å². The van der Waals surface area contributed by atoms with Crippen molar-refractivity contribution in [2.45, 2.75) is 12.1 Å². The molecule has 0 radical (unpaired) electrons. The van der Waals surface area contributed by atoms with Gasteiger partial charge >= 0.3 is 0 Å². The Kier molecular flexibility index (Phi) is 5.01. The molecule has 0 saturated heterocycles. The van der Waals surface area contributed by atoms with E-state index in [0.717, 1.165) is 11.1 Å². The summed E-state index contributed by atoms with van der Waals surface area (Å²) < 4.78 is 10.8. The van der Waals surface area contributed by atoms with Crippen LogP contribution in [0.3, 0.4) is 0 Å². The van der Waals surface area contributed by atoms with Gasteiger partial charge in [0.2, 0.25) is 0 Å². The lowest BCUT2D eigenvalue weighted by molar-refractivity contribution is 0.0801. The summed E-state index contributed by atoms with van der Waals surface area (Å²) in [6, 6.07) is 15.1. The Bertz CT molecular complexity index is 560. The quantitative estimate of drug-likeness (QED) is 0.913. The van der Waals surface area contributed by atoms with Crippen molar-refractivity contribution in [2.24, 2.45) is 5.73 Å². The normalized spacial score (nSPS) is 13.8. The molecule has 0 spiro atoms. The minimum atomic E-state index is -0.298. The fourth-order valence-corrected chi connectivity index (χ4v) is 2.39. The molecule has 0 heterocycles. The number of ether oxygens (including phenoxy) is 2. The first-order chi connectivity index (χ1) is 9.67. The van der Waals surface area contributed by atoms with E-state index in [1.165, 1.54) is 0 Å². The van der Waals surface area contributed by atoms with E-state index in [2.05, 4.69) is 0 Å². The van der Waals surface area contributed by atoms with Gasteiger partial charge in [-0.15, -0.1) is 0 Å². The Labute approximate surface area is 124 Å². The highest BCUT2D eigenvalue weighted by atomic mass is 35.5. The molecule has 3 nitrogen and oxygen atoms in total. The van der Waals surface area contributed by atoms with E-state index in [9.17, 15) is 0 Å². The number of methoxy groups -OCH3 is 2. The second-order valence-electron chi connectivity index (χ2n) is 4.49. The maximum Gasteiger partial charge on any atom is 0.137 e. The van der Waals surface area contributed by atoms with Crippen LogP contribution in [0, 0.1) is 0 Å². The van der Waals surface area contributed by atoms with Crippen molar-refractivity contribution < 1.29 is 9.47 Å². The van der Waals surface area contributed by atoms with Crippen LogP contribution >= 0.6 is 11.6 Å². The van der Waals surface area contributed by atoms with Gasteiger partial charge in [0, 0.05) is 7.11 Å². The molecule has 0 amide bonds. The summed E-state index contributed by atoms with van der Waals surface area (Å²) in [6.07, 6.45) is -0.220. The summed E-state index contributed by atoms with van der Waals surface area (Å²) in [7, 11) is 3.24. The Morgan fingerprint density at radius 2 is 1.70 bits per heavy atom. The third kappa shape index (κ3) is 3.12. The van der Waals surface area contributed by atoms with Crippen LogP contribution in [-0.2, 0) is 4.74 Å². The van der Waals surface area contributed by atoms with Crippen molar-refractivity contribution in [3.63, 3.8) is 0 Å². The number of halogens is 1. The van der Waals surface area contributed by atoms with Gasteiger partial charge in [-0.1, -0.05) is 48.0 Å². The van der Waals surface area contributed by atoms with Crippen molar-refractivity contribution in [1.29, 1.82) is 0 Å². The summed E-state index contributed by atoms with van der Waals surface area (Å²) in [5.41, 5.74) is 8.29. The largest absolute Gasteiger partial charge is 0.495 e. The monoisotopic (exact) mass is 291 g/mol. The molecule has 0 saturated carbocycles. The van der Waals surface area contributed by atoms with Crippen LogP contribution in [0.1, 0.15) is 23.3 Å². The van der Waals surface area contributed by atoms with Gasteiger partial charge in [-0.3, -0.25) is 0 Å². The lowest BCUT2D eigenvalue weighted by Crippen LogP contribution is -2.21. The second-order valence-corrected chi connectivity index (χ2v) is 4.89. The van der Waals surface area contributed by atoms with Gasteiger partial charge in [-0.2, -0.15) is 0 Å². The standard InChI is InChI=1S/C16H18ClNO2/c1-19-14-10-12(8-9-13(14)17)15(18)16(20-2)11-6-4-3-5-7-11/h3-10,15-16H,18H2,1-2H3. The summed E-state index contributed by atoms with van der Waals surface area (Å²) in [4.78, 5) is 0. The van der Waals surface area contributed by atoms with Gasteiger partial charge in [-0.05, 0) is 23.3 Å². The third-order valence-electron chi connectivity index (χ3n) is 3.27. The summed E-state index contributed by atoms with van der Waals surface area (Å²) in [5.74, 6) is 0.613. The summed E-state index contributed by atoms with van der Waals surface area (Å²) in [5, 5.41) is 0.567. The fraction of sp³-hybridized carbons (Fsp3) is 0.250. The predicted octanol–water partition coefficient (Wildman–Crippen LogP) is 3.74. The molecule has 4 heteroatoms. The van der Waals surface area contributed by atoms with Crippen molar-refractivity contribution in [3.05, 3.63) is 64.7 Å². The van der Waals surface area contributed by atoms with E-state index in [-0.39, 0.29) is 12.1 Å². The van der Waals surface area contributed by atoms with Crippen molar-refractivity contribution in [2.75, 3.05) is 14.2 Å². The number of nitrogens with two attached hydrogens (primary N) is 1. The molecular weight excluding hydrogens is 274 g/mol. The number of hydrogen-bond acceptors (Lipinski definition) is 3. The molecule has 20 heavy (non-hydrogen) atoms. The van der Waals surface area contributed by atoms with Gasteiger partial charge in [0.1, 0.15) is 11.9 Å². The first kappa shape index (κ1) is 14.9. The molecule has 0 aliphatic carbocycles. The zero-order chi connectivity index (χ0) is 14.5. The molecule has 2 rings (SSSR count). The zero-order valence-electron chi connectivity index (χ0n) is 11.5. The highest BCUT2D eigenvalue weighted by Crippen LogP contribution is 2.33. The highest BCUT2D eigenvalue weighted by molar-refractivity contribution is 6.32. The van der Waals surface area contributed by atoms with Crippen LogP contribution in [0.4, 0.5) is 0 Å². The topological polar surface area (TPSA) is 44.5 Å². The molecule has 0 aliphatic rings. The fourth-order valence-electron chi connectivity index (χ4n) is 2.19. The Morgan fingerprint density at radius 3 is 2.30 bits per heavy atom. The number of benzene rings is 2. The van der Waals surface area contributed by atoms with E-state index in [4.69, 9.17) is 26.8 Å². The third-order valence-corrected chi connectivity index (χ3v) is 3.58. The van der Waals surface area contributed by atoms with Crippen molar-refractivity contribution in [3.8, 4) is 5.75 Å². The van der Waals surface area contributed by atoms with Gasteiger partial charge in [0.25, 0.3) is 0 Å². The highest BCUT2D eigenvalue weighted by Gasteiger charge is 2.21. The Hall–Kier alpha value is -1.55. The maximum atomic E-state index is 6.33. The van der Waals surface area contributed by atoms with Crippen LogP contribution in [0.2, 0.25) is 5.02 Å². The maximum absolute atomic E-state index is 6.33. The minimum Gasteiger partial charge on any atom is -0.495 e. The van der Waals surface area contributed by atoms with Crippen LogP contribution < -0.4 is 10.5 Å². The van der Waals surface area contributed by atoms with Gasteiger partial charge in [0.05, 0.1) is 18.2 Å². The van der Waals surface area contributed by atoms with Crippen LogP contribution in [0.5, 0.6) is 5.75 Å². The smallest absolute Gasteiger partial charge is 0.137 e. The van der Waals surface area contributed by atoms with Crippen molar-refractivity contribution >= 4 is 11.6 Å². The van der Waals surface area contributed by atoms with E-state index in [0.29, 0.717) is 10.8 Å². The zero-order valence-corrected chi connectivity index (χ0v) is 12.3. The minimum absolute atomic E-state index is 0.220. The van der Waals surface area contributed by atoms with Gasteiger partial charge in [0.15, 0.2) is 0 Å². The van der Waals surface area contributed by atoms with Crippen molar-refractivity contribution in [1.82, 2.24) is 0 Å². The molecule has 0 aromatic heterocycles. The average molecular weight is 292 g/mol. The summed E-state index contributed by atoms with van der Waals surface area (Å²) >= 11 is 6.03. The number of rotatable bonds is 5. The number of hydrogen-bond donors (Lipinski definition) is 1. The second kappa shape index (κ2) is 6.75. The van der Waals surface area contributed by atoms with Crippen LogP contribution in [-0.4, -0.2) is 14.2 Å². The lowest BCUT2D eigenvalue weighted by atomic mass is 9.96.